The van der Waals surface area contributed by atoms with Crippen LogP contribution in [0.25, 0.3) is 0 Å². The number of benzene rings is 4. The molecule has 0 saturated heterocycles. The second-order valence-electron chi connectivity index (χ2n) is 8.94. The highest BCUT2D eigenvalue weighted by atomic mass is 19.1. The number of ether oxygens (including phenoxy) is 2. The first-order valence-corrected chi connectivity index (χ1v) is 11.9. The number of fused-ring (bicyclic) bond motifs is 1. The standard InChI is InChI=1S/C31H26FNO2/c1-21-16-25(19-33)28-8-5-9-29(28)31(21)35-27-14-15-30(34-20-23-6-3-2-4-7-23)24(18-27)17-22-10-12-26(32)13-11-22/h2-4,6-7,10-16,18H,5,8-9,17,20H2,1H3. The Morgan fingerprint density at radius 1 is 0.886 bits per heavy atom. The average molecular weight is 464 g/mol. The molecule has 0 amide bonds. The van der Waals surface area contributed by atoms with Crippen molar-refractivity contribution in [2.75, 3.05) is 0 Å². The van der Waals surface area contributed by atoms with Gasteiger partial charge in [0.1, 0.15) is 29.7 Å². The van der Waals surface area contributed by atoms with Crippen LogP contribution in [0.15, 0.2) is 78.9 Å². The Morgan fingerprint density at radius 2 is 1.66 bits per heavy atom. The van der Waals surface area contributed by atoms with E-state index in [-0.39, 0.29) is 5.82 Å². The van der Waals surface area contributed by atoms with Crippen LogP contribution in [0.5, 0.6) is 17.2 Å². The first-order valence-electron chi connectivity index (χ1n) is 11.9. The summed E-state index contributed by atoms with van der Waals surface area (Å²) in [6.45, 7) is 2.45. The zero-order valence-electron chi connectivity index (χ0n) is 19.7. The van der Waals surface area contributed by atoms with Gasteiger partial charge in [0.25, 0.3) is 0 Å². The van der Waals surface area contributed by atoms with Crippen LogP contribution in [0.1, 0.15) is 45.4 Å². The molecule has 4 aromatic rings. The first kappa shape index (κ1) is 22.7. The van der Waals surface area contributed by atoms with Gasteiger partial charge in [-0.2, -0.15) is 5.26 Å². The minimum Gasteiger partial charge on any atom is -0.489 e. The Kier molecular flexibility index (Phi) is 6.50. The van der Waals surface area contributed by atoms with Crippen molar-refractivity contribution in [1.82, 2.24) is 0 Å². The third kappa shape index (κ3) is 5.05. The highest BCUT2D eigenvalue weighted by Gasteiger charge is 2.22. The molecule has 4 heteroatoms. The fraction of sp³-hybridized carbons (Fsp3) is 0.194. The molecule has 0 bridgehead atoms. The zero-order chi connectivity index (χ0) is 24.2. The number of rotatable bonds is 7. The van der Waals surface area contributed by atoms with Gasteiger partial charge in [-0.15, -0.1) is 0 Å². The molecule has 0 aromatic heterocycles. The molecule has 4 aromatic carbocycles. The summed E-state index contributed by atoms with van der Waals surface area (Å²) in [6.07, 6.45) is 3.46. The maximum Gasteiger partial charge on any atom is 0.133 e. The molecule has 0 atom stereocenters. The van der Waals surface area contributed by atoms with E-state index < -0.39 is 0 Å². The van der Waals surface area contributed by atoms with E-state index in [0.29, 0.717) is 13.0 Å². The molecule has 0 saturated carbocycles. The van der Waals surface area contributed by atoms with E-state index in [1.165, 1.54) is 12.1 Å². The van der Waals surface area contributed by atoms with Crippen molar-refractivity contribution in [3.63, 3.8) is 0 Å². The predicted octanol–water partition coefficient (Wildman–Crippen LogP) is 7.46. The summed E-state index contributed by atoms with van der Waals surface area (Å²) < 4.78 is 26.1. The topological polar surface area (TPSA) is 42.2 Å². The molecule has 174 valence electrons. The van der Waals surface area contributed by atoms with E-state index in [1.807, 2.05) is 61.5 Å². The van der Waals surface area contributed by atoms with Crippen molar-refractivity contribution in [3.05, 3.63) is 124 Å². The van der Waals surface area contributed by atoms with Crippen molar-refractivity contribution in [1.29, 1.82) is 5.26 Å². The van der Waals surface area contributed by atoms with E-state index in [1.54, 1.807) is 12.1 Å². The molecule has 0 radical (unpaired) electrons. The normalized spacial score (nSPS) is 12.1. The van der Waals surface area contributed by atoms with E-state index in [2.05, 4.69) is 6.07 Å². The molecule has 0 spiro atoms. The van der Waals surface area contributed by atoms with Crippen LogP contribution in [0.4, 0.5) is 4.39 Å². The van der Waals surface area contributed by atoms with Crippen LogP contribution in [-0.4, -0.2) is 0 Å². The molecule has 35 heavy (non-hydrogen) atoms. The van der Waals surface area contributed by atoms with Gasteiger partial charge >= 0.3 is 0 Å². The van der Waals surface area contributed by atoms with Gasteiger partial charge in [0, 0.05) is 12.0 Å². The van der Waals surface area contributed by atoms with Crippen molar-refractivity contribution >= 4 is 0 Å². The van der Waals surface area contributed by atoms with Gasteiger partial charge in [-0.1, -0.05) is 42.5 Å². The highest BCUT2D eigenvalue weighted by Crippen LogP contribution is 2.39. The highest BCUT2D eigenvalue weighted by molar-refractivity contribution is 5.57. The summed E-state index contributed by atoms with van der Waals surface area (Å²) in [4.78, 5) is 0. The number of hydrogen-bond donors (Lipinski definition) is 0. The van der Waals surface area contributed by atoms with Gasteiger partial charge in [0.2, 0.25) is 0 Å². The molecule has 0 fully saturated rings. The molecule has 5 rings (SSSR count). The van der Waals surface area contributed by atoms with Gasteiger partial charge in [-0.3, -0.25) is 0 Å². The van der Waals surface area contributed by atoms with E-state index in [4.69, 9.17) is 9.47 Å². The Morgan fingerprint density at radius 3 is 2.43 bits per heavy atom. The Balaban J connectivity index is 1.47. The fourth-order valence-corrected chi connectivity index (χ4v) is 4.71. The molecule has 0 heterocycles. The summed E-state index contributed by atoms with van der Waals surface area (Å²) in [7, 11) is 0. The summed E-state index contributed by atoms with van der Waals surface area (Å²) in [5, 5.41) is 9.54. The van der Waals surface area contributed by atoms with E-state index in [0.717, 1.165) is 75.5 Å². The van der Waals surface area contributed by atoms with Crippen LogP contribution in [0.3, 0.4) is 0 Å². The number of nitrogens with zero attached hydrogens (tertiary/aromatic N) is 1. The van der Waals surface area contributed by atoms with Crippen LogP contribution >= 0.6 is 0 Å². The van der Waals surface area contributed by atoms with Gasteiger partial charge in [-0.05, 0) is 90.4 Å². The van der Waals surface area contributed by atoms with Crippen LogP contribution in [0, 0.1) is 24.1 Å². The number of aryl methyl sites for hydroxylation is 1. The largest absolute Gasteiger partial charge is 0.489 e. The van der Waals surface area contributed by atoms with Crippen molar-refractivity contribution in [2.45, 2.75) is 39.2 Å². The zero-order valence-corrected chi connectivity index (χ0v) is 19.7. The number of hydrogen-bond acceptors (Lipinski definition) is 3. The Bertz CT molecular complexity index is 1390. The quantitative estimate of drug-likeness (QED) is 0.286. The van der Waals surface area contributed by atoms with Crippen molar-refractivity contribution in [2.24, 2.45) is 0 Å². The van der Waals surface area contributed by atoms with Gasteiger partial charge in [-0.25, -0.2) is 4.39 Å². The first-order chi connectivity index (χ1) is 17.1. The molecular weight excluding hydrogens is 437 g/mol. The average Bonchev–Trinajstić information content (AvgIpc) is 3.37. The minimum absolute atomic E-state index is 0.253. The van der Waals surface area contributed by atoms with E-state index in [9.17, 15) is 9.65 Å². The molecule has 3 nitrogen and oxygen atoms in total. The smallest absolute Gasteiger partial charge is 0.133 e. The lowest BCUT2D eigenvalue weighted by molar-refractivity contribution is 0.303. The second-order valence-corrected chi connectivity index (χ2v) is 8.94. The SMILES string of the molecule is Cc1cc(C#N)c2c(c1Oc1ccc(OCc3ccccc3)c(Cc3ccc(F)cc3)c1)CCC2. The fourth-order valence-electron chi connectivity index (χ4n) is 4.71. The Hall–Kier alpha value is -4.10. The molecule has 0 aliphatic heterocycles. The van der Waals surface area contributed by atoms with E-state index >= 15 is 0 Å². The second kappa shape index (κ2) is 10.0. The molecule has 0 N–H and O–H groups in total. The lowest BCUT2D eigenvalue weighted by Gasteiger charge is -2.17. The van der Waals surface area contributed by atoms with Crippen molar-refractivity contribution < 1.29 is 13.9 Å². The third-order valence-electron chi connectivity index (χ3n) is 6.45. The summed E-state index contributed by atoms with van der Waals surface area (Å²) in [5.74, 6) is 2.09. The Labute approximate surface area is 205 Å². The van der Waals surface area contributed by atoms with Gasteiger partial charge in [0.15, 0.2) is 0 Å². The maximum absolute atomic E-state index is 13.5. The lowest BCUT2D eigenvalue weighted by Crippen LogP contribution is -2.01. The molecular formula is C31H26FNO2. The molecule has 0 unspecified atom stereocenters. The summed E-state index contributed by atoms with van der Waals surface area (Å²) in [6, 6.07) is 26.7. The van der Waals surface area contributed by atoms with Crippen LogP contribution in [0.2, 0.25) is 0 Å². The van der Waals surface area contributed by atoms with Crippen molar-refractivity contribution in [3.8, 4) is 23.3 Å². The minimum atomic E-state index is -0.253. The molecule has 1 aliphatic carbocycles. The number of halogens is 1. The van der Waals surface area contributed by atoms with Gasteiger partial charge in [0.05, 0.1) is 11.6 Å². The van der Waals surface area contributed by atoms with Crippen LogP contribution in [-0.2, 0) is 25.9 Å². The van der Waals surface area contributed by atoms with Crippen LogP contribution < -0.4 is 9.47 Å². The maximum atomic E-state index is 13.5. The van der Waals surface area contributed by atoms with Gasteiger partial charge < -0.3 is 9.47 Å². The lowest BCUT2D eigenvalue weighted by atomic mass is 9.99. The summed E-state index contributed by atoms with van der Waals surface area (Å²) in [5.41, 5.74) is 7.02. The summed E-state index contributed by atoms with van der Waals surface area (Å²) >= 11 is 0. The monoisotopic (exact) mass is 463 g/mol. The molecule has 1 aliphatic rings. The predicted molar refractivity (Wildman–Crippen MR) is 134 cm³/mol. The number of nitriles is 1. The third-order valence-corrected chi connectivity index (χ3v) is 6.45.